The molecule has 24 heavy (non-hydrogen) atoms. The summed E-state index contributed by atoms with van der Waals surface area (Å²) in [5.74, 6) is 0.343. The van der Waals surface area contributed by atoms with Crippen molar-refractivity contribution in [3.63, 3.8) is 0 Å². The molecule has 0 aliphatic rings. The average Bonchev–Trinajstić information content (AvgIpc) is 3.09. The largest absolute Gasteiger partial charge is 0.377 e. The highest BCUT2D eigenvalue weighted by atomic mass is 16.1. The van der Waals surface area contributed by atoms with E-state index in [2.05, 4.69) is 20.4 Å². The number of carbonyl (C=O) groups is 1. The number of anilines is 2. The van der Waals surface area contributed by atoms with Gasteiger partial charge in [0, 0.05) is 37.2 Å². The van der Waals surface area contributed by atoms with Crippen molar-refractivity contribution >= 4 is 17.3 Å². The molecule has 0 saturated heterocycles. The third-order valence-corrected chi connectivity index (χ3v) is 3.60. The lowest BCUT2D eigenvalue weighted by Crippen LogP contribution is -2.14. The quantitative estimate of drug-likeness (QED) is 0.797. The van der Waals surface area contributed by atoms with Gasteiger partial charge in [0.25, 0.3) is 5.91 Å². The van der Waals surface area contributed by atoms with E-state index in [0.717, 1.165) is 16.9 Å². The van der Waals surface area contributed by atoms with Gasteiger partial charge in [-0.15, -0.1) is 0 Å². The Labute approximate surface area is 140 Å². The number of nitrogens with zero attached hydrogens (tertiary/aromatic N) is 5. The summed E-state index contributed by atoms with van der Waals surface area (Å²) in [4.78, 5) is 22.6. The molecule has 1 N–H and O–H groups in total. The minimum absolute atomic E-state index is 0.198. The highest BCUT2D eigenvalue weighted by molar-refractivity contribution is 6.04. The van der Waals surface area contributed by atoms with Gasteiger partial charge in [0.05, 0.1) is 0 Å². The van der Waals surface area contributed by atoms with Crippen LogP contribution in [-0.4, -0.2) is 39.8 Å². The van der Waals surface area contributed by atoms with Gasteiger partial charge in [-0.25, -0.2) is 14.6 Å². The normalized spacial score (nSPS) is 10.5. The Morgan fingerprint density at radius 3 is 2.71 bits per heavy atom. The first-order chi connectivity index (χ1) is 11.5. The first-order valence-electron chi connectivity index (χ1n) is 7.45. The number of aryl methyl sites for hydroxylation is 1. The maximum Gasteiger partial charge on any atom is 0.255 e. The van der Waals surface area contributed by atoms with E-state index < -0.39 is 0 Å². The Hall–Kier alpha value is -3.22. The van der Waals surface area contributed by atoms with Crippen LogP contribution in [0.4, 0.5) is 11.4 Å². The highest BCUT2D eigenvalue weighted by Gasteiger charge is 2.10. The smallest absolute Gasteiger partial charge is 0.255 e. The van der Waals surface area contributed by atoms with Gasteiger partial charge in [0.2, 0.25) is 0 Å². The molecule has 0 spiro atoms. The number of hydrogen-bond acceptors (Lipinski definition) is 5. The van der Waals surface area contributed by atoms with Crippen molar-refractivity contribution in [1.82, 2.24) is 19.7 Å². The summed E-state index contributed by atoms with van der Waals surface area (Å²) in [6, 6.07) is 9.16. The Morgan fingerprint density at radius 1 is 1.21 bits per heavy atom. The fourth-order valence-corrected chi connectivity index (χ4v) is 2.45. The van der Waals surface area contributed by atoms with Crippen LogP contribution in [0, 0.1) is 6.92 Å². The van der Waals surface area contributed by atoms with Gasteiger partial charge in [0.15, 0.2) is 5.82 Å². The molecule has 1 amide bonds. The second-order valence-electron chi connectivity index (χ2n) is 5.59. The predicted molar refractivity (Wildman–Crippen MR) is 92.6 cm³/mol. The van der Waals surface area contributed by atoms with Crippen LogP contribution in [0.5, 0.6) is 0 Å². The van der Waals surface area contributed by atoms with Gasteiger partial charge in [-0.2, -0.15) is 5.10 Å². The number of nitrogens with one attached hydrogen (secondary N) is 1. The van der Waals surface area contributed by atoms with E-state index in [0.29, 0.717) is 11.4 Å². The summed E-state index contributed by atoms with van der Waals surface area (Å²) < 4.78 is 1.51. The molecular formula is C17H18N6O. The SMILES string of the molecule is Cc1cc(NC(=O)c2ccnc(-n3cncn3)c2)ccc1N(C)C. The first kappa shape index (κ1) is 15.7. The van der Waals surface area contributed by atoms with Gasteiger partial charge in [0.1, 0.15) is 12.7 Å². The van der Waals surface area contributed by atoms with E-state index in [4.69, 9.17) is 0 Å². The average molecular weight is 322 g/mol. The third kappa shape index (κ3) is 3.24. The second-order valence-corrected chi connectivity index (χ2v) is 5.59. The predicted octanol–water partition coefficient (Wildman–Crippen LogP) is 2.29. The molecule has 7 nitrogen and oxygen atoms in total. The summed E-state index contributed by atoms with van der Waals surface area (Å²) >= 11 is 0. The molecule has 0 fully saturated rings. The van der Waals surface area contributed by atoms with Crippen LogP contribution in [0.2, 0.25) is 0 Å². The molecular weight excluding hydrogens is 304 g/mol. The molecule has 0 atom stereocenters. The number of carbonyl (C=O) groups excluding carboxylic acids is 1. The van der Waals surface area contributed by atoms with Gasteiger partial charge in [-0.3, -0.25) is 4.79 Å². The maximum absolute atomic E-state index is 12.5. The van der Waals surface area contributed by atoms with Crippen molar-refractivity contribution in [1.29, 1.82) is 0 Å². The summed E-state index contributed by atoms with van der Waals surface area (Å²) in [5, 5.41) is 6.92. The molecule has 0 aliphatic heterocycles. The molecule has 122 valence electrons. The lowest BCUT2D eigenvalue weighted by atomic mass is 10.1. The Balaban J connectivity index is 1.80. The molecule has 3 aromatic rings. The standard InChI is InChI=1S/C17H18N6O/c1-12-8-14(4-5-15(12)22(2)3)21-17(24)13-6-7-19-16(9-13)23-11-18-10-20-23/h4-11H,1-3H3,(H,21,24). The summed E-state index contributed by atoms with van der Waals surface area (Å²) in [6.07, 6.45) is 4.53. The first-order valence-corrected chi connectivity index (χ1v) is 7.45. The van der Waals surface area contributed by atoms with E-state index in [9.17, 15) is 4.79 Å². The molecule has 0 bridgehead atoms. The molecule has 2 aromatic heterocycles. The van der Waals surface area contributed by atoms with E-state index in [1.54, 1.807) is 18.3 Å². The summed E-state index contributed by atoms with van der Waals surface area (Å²) in [7, 11) is 3.98. The van der Waals surface area contributed by atoms with Crippen LogP contribution in [0.1, 0.15) is 15.9 Å². The molecule has 3 rings (SSSR count). The van der Waals surface area contributed by atoms with Crippen LogP contribution >= 0.6 is 0 Å². The molecule has 0 unspecified atom stereocenters. The van der Waals surface area contributed by atoms with E-state index >= 15 is 0 Å². The van der Waals surface area contributed by atoms with Crippen LogP contribution in [0.3, 0.4) is 0 Å². The van der Waals surface area contributed by atoms with Crippen molar-refractivity contribution in [3.8, 4) is 5.82 Å². The topological polar surface area (TPSA) is 75.9 Å². The van der Waals surface area contributed by atoms with Gasteiger partial charge < -0.3 is 10.2 Å². The molecule has 2 heterocycles. The van der Waals surface area contributed by atoms with Crippen LogP contribution in [0.25, 0.3) is 5.82 Å². The van der Waals surface area contributed by atoms with Gasteiger partial charge in [-0.1, -0.05) is 0 Å². The Kier molecular flexibility index (Phi) is 4.24. The zero-order chi connectivity index (χ0) is 17.1. The van der Waals surface area contributed by atoms with Gasteiger partial charge in [-0.05, 0) is 42.8 Å². The van der Waals surface area contributed by atoms with Crippen molar-refractivity contribution in [3.05, 3.63) is 60.3 Å². The summed E-state index contributed by atoms with van der Waals surface area (Å²) in [6.45, 7) is 2.01. The van der Waals surface area contributed by atoms with Crippen molar-refractivity contribution in [2.75, 3.05) is 24.3 Å². The number of pyridine rings is 1. The maximum atomic E-state index is 12.5. The van der Waals surface area contributed by atoms with Crippen molar-refractivity contribution in [2.45, 2.75) is 6.92 Å². The Bertz CT molecular complexity index is 857. The number of amides is 1. The number of hydrogen-bond donors (Lipinski definition) is 1. The molecule has 0 aliphatic carbocycles. The molecule has 7 heteroatoms. The minimum Gasteiger partial charge on any atom is -0.377 e. The molecule has 0 saturated carbocycles. The van der Waals surface area contributed by atoms with E-state index in [1.807, 2.05) is 44.1 Å². The third-order valence-electron chi connectivity index (χ3n) is 3.60. The van der Waals surface area contributed by atoms with Gasteiger partial charge >= 0.3 is 0 Å². The van der Waals surface area contributed by atoms with Crippen LogP contribution in [0.15, 0.2) is 49.2 Å². The van der Waals surface area contributed by atoms with Crippen LogP contribution in [-0.2, 0) is 0 Å². The number of rotatable bonds is 4. The zero-order valence-corrected chi connectivity index (χ0v) is 13.8. The lowest BCUT2D eigenvalue weighted by molar-refractivity contribution is 0.102. The molecule has 0 radical (unpaired) electrons. The van der Waals surface area contributed by atoms with Crippen molar-refractivity contribution < 1.29 is 4.79 Å². The number of aromatic nitrogens is 4. The monoisotopic (exact) mass is 322 g/mol. The molecule has 1 aromatic carbocycles. The van der Waals surface area contributed by atoms with Crippen molar-refractivity contribution in [2.24, 2.45) is 0 Å². The van der Waals surface area contributed by atoms with E-state index in [-0.39, 0.29) is 5.91 Å². The minimum atomic E-state index is -0.198. The summed E-state index contributed by atoms with van der Waals surface area (Å²) in [5.41, 5.74) is 3.47. The fourth-order valence-electron chi connectivity index (χ4n) is 2.45. The fraction of sp³-hybridized carbons (Fsp3) is 0.176. The zero-order valence-electron chi connectivity index (χ0n) is 13.8. The lowest BCUT2D eigenvalue weighted by Gasteiger charge is -2.16. The second kappa shape index (κ2) is 6.49. The highest BCUT2D eigenvalue weighted by Crippen LogP contribution is 2.22. The number of benzene rings is 1. The Morgan fingerprint density at radius 2 is 2.04 bits per heavy atom. The van der Waals surface area contributed by atoms with E-state index in [1.165, 1.54) is 17.3 Å². The van der Waals surface area contributed by atoms with Crippen LogP contribution < -0.4 is 10.2 Å².